The second-order valence-corrected chi connectivity index (χ2v) is 24.8. The first-order chi connectivity index (χ1) is 43.0. The molecular formula is C78H126NO8P. The highest BCUT2D eigenvalue weighted by molar-refractivity contribution is 7.45. The standard InChI is InChI=1S/C78H126NO8P/c1-6-8-10-12-14-16-18-20-22-24-26-28-30-32-34-36-38-39-41-42-44-46-48-50-52-54-56-58-60-62-64-66-68-70-77(80)84-74-76(75-86-88(82,83)85-73-72-79(3,4)5)87-78(81)71-69-67-65-63-61-59-57-55-53-51-49-47-45-43-40-37-35-33-31-29-27-25-23-21-19-17-15-13-11-9-7-2/h8-11,14-17,20-23,26-29,32-35,38-40,43,47,49,53,55,59,61,76H,6-7,12-13,18-19,24-25,30-31,36-37,41-42,44-46,48,50-52,54,56-58,60,62-75H2,1-5H3/b10-8-,11-9-,16-14-,17-15-,22-20-,23-21-,28-26-,29-27-,34-32-,35-33-,39-38-,43-40-,49-47-,55-53-,61-59-. The van der Waals surface area contributed by atoms with E-state index in [2.05, 4.69) is 196 Å². The number of ether oxygens (including phenoxy) is 2. The number of unbranched alkanes of at least 4 members (excludes halogenated alkanes) is 17. The molecule has 0 bridgehead atoms. The SMILES string of the molecule is CC/C=C\C/C=C\C/C=C\C/C=C\C/C=C\C/C=C\C/C=C\C/C=C\C/C=C\CCCCCC(=O)OC(COC(=O)CCCCCCCCCCCCCCCC/C=C\C/C=C\C/C=C\C/C=C\C/C=C\C/C=C\CC)COP(=O)([O-])OCC[N+](C)(C)C. The molecule has 2 unspecified atom stereocenters. The normalized spacial score (nSPS) is 14.3. The molecule has 0 N–H and O–H groups in total. The van der Waals surface area contributed by atoms with E-state index >= 15 is 0 Å². The largest absolute Gasteiger partial charge is 0.756 e. The molecule has 0 saturated carbocycles. The molecule has 88 heavy (non-hydrogen) atoms. The molecule has 0 aromatic carbocycles. The molecule has 0 aliphatic carbocycles. The molecular weight excluding hydrogens is 1110 g/mol. The highest BCUT2D eigenvalue weighted by atomic mass is 31.2. The van der Waals surface area contributed by atoms with Gasteiger partial charge in [-0.05, 0) is 135 Å². The maximum absolute atomic E-state index is 12.8. The molecule has 496 valence electrons. The van der Waals surface area contributed by atoms with E-state index < -0.39 is 32.5 Å². The summed E-state index contributed by atoms with van der Waals surface area (Å²) in [6.45, 7) is 3.96. The number of allylic oxidation sites excluding steroid dienone is 30. The zero-order chi connectivity index (χ0) is 64.1. The van der Waals surface area contributed by atoms with Crippen LogP contribution in [0.2, 0.25) is 0 Å². The van der Waals surface area contributed by atoms with Gasteiger partial charge in [-0.25, -0.2) is 0 Å². The Labute approximate surface area is 540 Å². The number of hydrogen-bond donors (Lipinski definition) is 0. The van der Waals surface area contributed by atoms with E-state index in [4.69, 9.17) is 18.5 Å². The lowest BCUT2D eigenvalue weighted by Gasteiger charge is -2.28. The van der Waals surface area contributed by atoms with Gasteiger partial charge >= 0.3 is 11.9 Å². The molecule has 0 aliphatic heterocycles. The zero-order valence-electron chi connectivity index (χ0n) is 56.3. The van der Waals surface area contributed by atoms with Gasteiger partial charge in [-0.2, -0.15) is 0 Å². The fraction of sp³-hybridized carbons (Fsp3) is 0.590. The Morgan fingerprint density at radius 2 is 0.614 bits per heavy atom. The maximum Gasteiger partial charge on any atom is 0.306 e. The van der Waals surface area contributed by atoms with Crippen molar-refractivity contribution in [1.29, 1.82) is 0 Å². The van der Waals surface area contributed by atoms with Crippen LogP contribution >= 0.6 is 7.82 Å². The summed E-state index contributed by atoms with van der Waals surface area (Å²) in [6.07, 6.45) is 102. The van der Waals surface area contributed by atoms with Crippen LogP contribution in [0, 0.1) is 0 Å². The van der Waals surface area contributed by atoms with E-state index in [0.29, 0.717) is 23.9 Å². The Bertz CT molecular complexity index is 2140. The van der Waals surface area contributed by atoms with Crippen molar-refractivity contribution in [2.24, 2.45) is 0 Å². The molecule has 9 nitrogen and oxygen atoms in total. The molecule has 0 aliphatic rings. The van der Waals surface area contributed by atoms with Crippen molar-refractivity contribution in [2.75, 3.05) is 47.5 Å². The molecule has 0 rings (SSSR count). The van der Waals surface area contributed by atoms with E-state index in [-0.39, 0.29) is 26.1 Å². The number of quaternary nitrogens is 1. The summed E-state index contributed by atoms with van der Waals surface area (Å²) in [5, 5.41) is 0. The van der Waals surface area contributed by atoms with Crippen molar-refractivity contribution < 1.29 is 42.1 Å². The van der Waals surface area contributed by atoms with Gasteiger partial charge in [-0.1, -0.05) is 280 Å². The van der Waals surface area contributed by atoms with Crippen LogP contribution < -0.4 is 4.89 Å². The van der Waals surface area contributed by atoms with Gasteiger partial charge in [-0.3, -0.25) is 14.2 Å². The molecule has 0 saturated heterocycles. The summed E-state index contributed by atoms with van der Waals surface area (Å²) in [6, 6.07) is 0. The third kappa shape index (κ3) is 70.2. The van der Waals surface area contributed by atoms with Gasteiger partial charge in [0.1, 0.15) is 19.8 Å². The van der Waals surface area contributed by atoms with E-state index in [9.17, 15) is 19.0 Å². The van der Waals surface area contributed by atoms with Crippen LogP contribution in [-0.4, -0.2) is 70.0 Å². The molecule has 10 heteroatoms. The van der Waals surface area contributed by atoms with Crippen LogP contribution in [0.1, 0.15) is 245 Å². The number of carbonyl (C=O) groups excluding carboxylic acids is 2. The Balaban J connectivity index is 4.19. The first-order valence-electron chi connectivity index (χ1n) is 34.5. The summed E-state index contributed by atoms with van der Waals surface area (Å²) < 4.78 is 34.2. The van der Waals surface area contributed by atoms with Crippen LogP contribution in [0.15, 0.2) is 182 Å². The van der Waals surface area contributed by atoms with Gasteiger partial charge < -0.3 is 27.9 Å². The zero-order valence-corrected chi connectivity index (χ0v) is 57.2. The smallest absolute Gasteiger partial charge is 0.306 e. The van der Waals surface area contributed by atoms with Gasteiger partial charge in [0.15, 0.2) is 6.10 Å². The summed E-state index contributed by atoms with van der Waals surface area (Å²) in [7, 11) is 1.12. The first-order valence-corrected chi connectivity index (χ1v) is 36.0. The number of hydrogen-bond acceptors (Lipinski definition) is 8. The first kappa shape index (κ1) is 83.1. The highest BCUT2D eigenvalue weighted by Crippen LogP contribution is 2.38. The number of rotatable bonds is 61. The Morgan fingerprint density at radius 1 is 0.352 bits per heavy atom. The fourth-order valence-corrected chi connectivity index (χ4v) is 9.44. The number of esters is 2. The quantitative estimate of drug-likeness (QED) is 0.0195. The Kier molecular flexibility index (Phi) is 62.8. The molecule has 2 atom stereocenters. The lowest BCUT2D eigenvalue weighted by atomic mass is 10.0. The van der Waals surface area contributed by atoms with Gasteiger partial charge in [0.25, 0.3) is 7.82 Å². The molecule has 0 amide bonds. The van der Waals surface area contributed by atoms with Crippen molar-refractivity contribution in [3.8, 4) is 0 Å². The van der Waals surface area contributed by atoms with E-state index in [1.54, 1.807) is 0 Å². The molecule has 0 heterocycles. The molecule has 0 radical (unpaired) electrons. The minimum absolute atomic E-state index is 0.0475. The summed E-state index contributed by atoms with van der Waals surface area (Å²) in [5.41, 5.74) is 0. The van der Waals surface area contributed by atoms with Crippen LogP contribution in [0.3, 0.4) is 0 Å². The lowest BCUT2D eigenvalue weighted by molar-refractivity contribution is -0.870. The van der Waals surface area contributed by atoms with Crippen molar-refractivity contribution in [2.45, 2.75) is 251 Å². The predicted octanol–water partition coefficient (Wildman–Crippen LogP) is 22.1. The Hall–Kier alpha value is -4.89. The van der Waals surface area contributed by atoms with Gasteiger partial charge in [0.05, 0.1) is 27.7 Å². The topological polar surface area (TPSA) is 111 Å². The predicted molar refractivity (Wildman–Crippen MR) is 378 cm³/mol. The van der Waals surface area contributed by atoms with E-state index in [0.717, 1.165) is 135 Å². The number of carbonyl (C=O) groups is 2. The Morgan fingerprint density at radius 3 is 0.920 bits per heavy atom. The second kappa shape index (κ2) is 66.5. The van der Waals surface area contributed by atoms with Crippen molar-refractivity contribution in [3.05, 3.63) is 182 Å². The number of nitrogens with zero attached hydrogens (tertiary/aromatic N) is 1. The summed E-state index contributed by atoms with van der Waals surface area (Å²) in [4.78, 5) is 38.1. The van der Waals surface area contributed by atoms with Gasteiger partial charge in [0.2, 0.25) is 0 Å². The maximum atomic E-state index is 12.8. The molecule has 0 aromatic heterocycles. The summed E-state index contributed by atoms with van der Waals surface area (Å²) >= 11 is 0. The van der Waals surface area contributed by atoms with Crippen LogP contribution in [-0.2, 0) is 32.7 Å². The van der Waals surface area contributed by atoms with Gasteiger partial charge in [0, 0.05) is 12.8 Å². The van der Waals surface area contributed by atoms with Crippen molar-refractivity contribution in [3.63, 3.8) is 0 Å². The highest BCUT2D eigenvalue weighted by Gasteiger charge is 2.22. The van der Waals surface area contributed by atoms with E-state index in [1.807, 2.05) is 21.1 Å². The molecule has 0 spiro atoms. The average Bonchev–Trinajstić information content (AvgIpc) is 3.68. The third-order valence-electron chi connectivity index (χ3n) is 13.9. The monoisotopic (exact) mass is 1240 g/mol. The van der Waals surface area contributed by atoms with Crippen LogP contribution in [0.5, 0.6) is 0 Å². The minimum atomic E-state index is -4.67. The number of likely N-dealkylation sites (N-methyl/N-ethyl adjacent to an activating group) is 1. The lowest BCUT2D eigenvalue weighted by Crippen LogP contribution is -2.37. The second-order valence-electron chi connectivity index (χ2n) is 23.4. The average molecular weight is 1240 g/mol. The van der Waals surface area contributed by atoms with Crippen molar-refractivity contribution >= 4 is 19.8 Å². The fourth-order valence-electron chi connectivity index (χ4n) is 8.71. The minimum Gasteiger partial charge on any atom is -0.756 e. The van der Waals surface area contributed by atoms with Gasteiger partial charge in [-0.15, -0.1) is 0 Å². The van der Waals surface area contributed by atoms with Crippen LogP contribution in [0.25, 0.3) is 0 Å². The number of phosphoric ester groups is 1. The summed E-state index contributed by atoms with van der Waals surface area (Å²) in [5.74, 6) is -0.883. The number of phosphoric acid groups is 1. The molecule has 0 fully saturated rings. The van der Waals surface area contributed by atoms with Crippen LogP contribution in [0.4, 0.5) is 0 Å². The third-order valence-corrected chi connectivity index (χ3v) is 14.9. The molecule has 0 aromatic rings. The van der Waals surface area contributed by atoms with Crippen molar-refractivity contribution in [1.82, 2.24) is 0 Å². The van der Waals surface area contributed by atoms with E-state index in [1.165, 1.54) is 70.6 Å².